The third-order valence-corrected chi connectivity index (χ3v) is 3.68. The molecule has 2 rings (SSSR count). The summed E-state index contributed by atoms with van der Waals surface area (Å²) in [5.74, 6) is 1.54. The molecule has 0 radical (unpaired) electrons. The normalized spacial score (nSPS) is 11.4. The Labute approximate surface area is 148 Å². The predicted octanol–water partition coefficient (Wildman–Crippen LogP) is 2.22. The summed E-state index contributed by atoms with van der Waals surface area (Å²) in [6, 6.07) is 7.92. The van der Waals surface area contributed by atoms with Gasteiger partial charge < -0.3 is 20.7 Å². The van der Waals surface area contributed by atoms with Crippen molar-refractivity contribution in [3.63, 3.8) is 0 Å². The quantitative estimate of drug-likeness (QED) is 0.608. The average Bonchev–Trinajstić information content (AvgIpc) is 2.65. The van der Waals surface area contributed by atoms with E-state index in [4.69, 9.17) is 4.74 Å². The van der Waals surface area contributed by atoms with E-state index >= 15 is 0 Å². The monoisotopic (exact) mass is 343 g/mol. The van der Waals surface area contributed by atoms with Crippen LogP contribution in [0.4, 0.5) is 10.6 Å². The van der Waals surface area contributed by atoms with E-state index in [0.717, 1.165) is 18.6 Å². The maximum Gasteiger partial charge on any atom is 0.315 e. The van der Waals surface area contributed by atoms with Gasteiger partial charge in [-0.15, -0.1) is 0 Å². The number of carbonyl (C=O) groups is 1. The number of amides is 2. The largest absolute Gasteiger partial charge is 0.497 e. The van der Waals surface area contributed by atoms with Crippen molar-refractivity contribution < 1.29 is 9.53 Å². The Bertz CT molecular complexity index is 634. The van der Waals surface area contributed by atoms with Crippen molar-refractivity contribution in [2.75, 3.05) is 25.5 Å². The molecule has 0 bridgehead atoms. The number of nitrogens with one attached hydrogen (secondary N) is 3. The molecule has 2 amide bonds. The van der Waals surface area contributed by atoms with Crippen LogP contribution in [0.2, 0.25) is 0 Å². The zero-order valence-corrected chi connectivity index (χ0v) is 14.7. The molecule has 0 fully saturated rings. The van der Waals surface area contributed by atoms with Gasteiger partial charge in [-0.25, -0.2) is 9.78 Å². The molecule has 2 aromatic rings. The van der Waals surface area contributed by atoms with E-state index in [0.29, 0.717) is 18.9 Å². The molecule has 0 aliphatic rings. The lowest BCUT2D eigenvalue weighted by atomic mass is 10.1. The summed E-state index contributed by atoms with van der Waals surface area (Å²) in [6.45, 7) is 3.10. The van der Waals surface area contributed by atoms with Crippen molar-refractivity contribution in [1.82, 2.24) is 20.6 Å². The fourth-order valence-electron chi connectivity index (χ4n) is 2.28. The summed E-state index contributed by atoms with van der Waals surface area (Å²) in [4.78, 5) is 19.9. The van der Waals surface area contributed by atoms with Gasteiger partial charge in [0.05, 0.1) is 13.3 Å². The average molecular weight is 343 g/mol. The van der Waals surface area contributed by atoms with Gasteiger partial charge in [-0.05, 0) is 37.5 Å². The first-order valence-electron chi connectivity index (χ1n) is 8.34. The molecule has 0 saturated carbocycles. The van der Waals surface area contributed by atoms with Gasteiger partial charge in [0.25, 0.3) is 0 Å². The van der Waals surface area contributed by atoms with Gasteiger partial charge in [-0.1, -0.05) is 12.1 Å². The third-order valence-electron chi connectivity index (χ3n) is 3.68. The number of benzene rings is 1. The van der Waals surface area contributed by atoms with Crippen LogP contribution in [0, 0.1) is 0 Å². The van der Waals surface area contributed by atoms with Crippen LogP contribution in [0.1, 0.15) is 18.9 Å². The molecule has 7 heteroatoms. The molecule has 0 aliphatic heterocycles. The highest BCUT2D eigenvalue weighted by Crippen LogP contribution is 2.13. The topological polar surface area (TPSA) is 88.2 Å². The molecular formula is C18H25N5O2. The summed E-state index contributed by atoms with van der Waals surface area (Å²) in [5.41, 5.74) is 1.23. The first-order chi connectivity index (χ1) is 12.2. The number of rotatable bonds is 9. The SMILES string of the molecule is COc1ccc(CC[C@H](C)NC(=O)NCCNc2cnccn2)cc1. The second-order valence-electron chi connectivity index (χ2n) is 5.71. The zero-order chi connectivity index (χ0) is 17.9. The Kier molecular flexibility index (Phi) is 7.49. The fourth-order valence-corrected chi connectivity index (χ4v) is 2.28. The van der Waals surface area contributed by atoms with Crippen molar-refractivity contribution in [2.24, 2.45) is 0 Å². The van der Waals surface area contributed by atoms with Gasteiger partial charge in [0.2, 0.25) is 0 Å². The smallest absolute Gasteiger partial charge is 0.315 e. The number of anilines is 1. The molecule has 7 nitrogen and oxygen atoms in total. The van der Waals surface area contributed by atoms with Crippen molar-refractivity contribution in [3.05, 3.63) is 48.4 Å². The summed E-state index contributed by atoms with van der Waals surface area (Å²) in [6.07, 6.45) is 6.65. The molecule has 0 spiro atoms. The molecule has 1 aromatic carbocycles. The van der Waals surface area contributed by atoms with Crippen molar-refractivity contribution in [2.45, 2.75) is 25.8 Å². The second kappa shape index (κ2) is 10.1. The molecule has 134 valence electrons. The number of nitrogens with zero attached hydrogens (tertiary/aromatic N) is 2. The maximum absolute atomic E-state index is 11.9. The van der Waals surface area contributed by atoms with Crippen LogP contribution in [0.5, 0.6) is 5.75 Å². The summed E-state index contributed by atoms with van der Waals surface area (Å²) in [5, 5.41) is 8.84. The van der Waals surface area contributed by atoms with Crippen LogP contribution in [-0.2, 0) is 6.42 Å². The lowest BCUT2D eigenvalue weighted by Crippen LogP contribution is -2.42. The number of urea groups is 1. The number of hydrogen-bond acceptors (Lipinski definition) is 5. The van der Waals surface area contributed by atoms with Crippen LogP contribution >= 0.6 is 0 Å². The van der Waals surface area contributed by atoms with Crippen LogP contribution in [0.25, 0.3) is 0 Å². The first-order valence-corrected chi connectivity index (χ1v) is 8.34. The summed E-state index contributed by atoms with van der Waals surface area (Å²) >= 11 is 0. The van der Waals surface area contributed by atoms with Gasteiger partial charge >= 0.3 is 6.03 Å². The van der Waals surface area contributed by atoms with E-state index in [9.17, 15) is 4.79 Å². The zero-order valence-electron chi connectivity index (χ0n) is 14.7. The van der Waals surface area contributed by atoms with Crippen molar-refractivity contribution >= 4 is 11.8 Å². The second-order valence-corrected chi connectivity index (χ2v) is 5.71. The molecule has 1 heterocycles. The van der Waals surface area contributed by atoms with Crippen LogP contribution in [0.3, 0.4) is 0 Å². The lowest BCUT2D eigenvalue weighted by Gasteiger charge is -2.15. The number of hydrogen-bond donors (Lipinski definition) is 3. The number of methoxy groups -OCH3 is 1. The van der Waals surface area contributed by atoms with E-state index < -0.39 is 0 Å². The summed E-state index contributed by atoms with van der Waals surface area (Å²) < 4.78 is 5.14. The molecule has 1 aromatic heterocycles. The highest BCUT2D eigenvalue weighted by Gasteiger charge is 2.07. The molecule has 1 atom stereocenters. The fraction of sp³-hybridized carbons (Fsp3) is 0.389. The van der Waals surface area contributed by atoms with Gasteiger partial charge in [0, 0.05) is 31.5 Å². The van der Waals surface area contributed by atoms with E-state index in [-0.39, 0.29) is 12.1 Å². The van der Waals surface area contributed by atoms with Crippen LogP contribution < -0.4 is 20.7 Å². The third kappa shape index (κ3) is 7.07. The number of carbonyl (C=O) groups excluding carboxylic acids is 1. The molecule has 3 N–H and O–H groups in total. The number of aromatic nitrogens is 2. The maximum atomic E-state index is 11.9. The highest BCUT2D eigenvalue weighted by molar-refractivity contribution is 5.74. The van der Waals surface area contributed by atoms with Crippen molar-refractivity contribution in [3.8, 4) is 5.75 Å². The van der Waals surface area contributed by atoms with Crippen molar-refractivity contribution in [1.29, 1.82) is 0 Å². The Morgan fingerprint density at radius 3 is 2.68 bits per heavy atom. The molecule has 0 unspecified atom stereocenters. The minimum atomic E-state index is -0.164. The van der Waals surface area contributed by atoms with E-state index in [1.807, 2.05) is 31.2 Å². The highest BCUT2D eigenvalue weighted by atomic mass is 16.5. The Morgan fingerprint density at radius 1 is 1.20 bits per heavy atom. The molecular weight excluding hydrogens is 318 g/mol. The minimum absolute atomic E-state index is 0.0926. The first kappa shape index (κ1) is 18.5. The molecule has 0 saturated heterocycles. The minimum Gasteiger partial charge on any atom is -0.497 e. The molecule has 0 aliphatic carbocycles. The van der Waals surface area contributed by atoms with Crippen LogP contribution in [0.15, 0.2) is 42.9 Å². The predicted molar refractivity (Wildman–Crippen MR) is 97.8 cm³/mol. The standard InChI is InChI=1S/C18H25N5O2/c1-14(3-4-15-5-7-16(25-2)8-6-15)23-18(24)22-12-11-21-17-13-19-9-10-20-17/h5-10,13-14H,3-4,11-12H2,1-2H3,(H,20,21)(H2,22,23,24)/t14-/m0/s1. The van der Waals surface area contributed by atoms with Gasteiger partial charge in [0.15, 0.2) is 0 Å². The van der Waals surface area contributed by atoms with Crippen LogP contribution in [-0.4, -0.2) is 42.2 Å². The lowest BCUT2D eigenvalue weighted by molar-refractivity contribution is 0.237. The van der Waals surface area contributed by atoms with E-state index in [2.05, 4.69) is 25.9 Å². The Balaban J connectivity index is 1.59. The Hall–Kier alpha value is -2.83. The summed E-state index contributed by atoms with van der Waals surface area (Å²) in [7, 11) is 1.66. The van der Waals surface area contributed by atoms with E-state index in [1.165, 1.54) is 5.56 Å². The number of ether oxygens (including phenoxy) is 1. The van der Waals surface area contributed by atoms with Gasteiger partial charge in [0.1, 0.15) is 11.6 Å². The Morgan fingerprint density at radius 2 is 2.00 bits per heavy atom. The van der Waals surface area contributed by atoms with Gasteiger partial charge in [-0.3, -0.25) is 4.98 Å². The number of aryl methyl sites for hydroxylation is 1. The van der Waals surface area contributed by atoms with E-state index in [1.54, 1.807) is 25.7 Å². The van der Waals surface area contributed by atoms with Gasteiger partial charge in [-0.2, -0.15) is 0 Å². The molecule has 25 heavy (non-hydrogen) atoms.